The highest BCUT2D eigenvalue weighted by molar-refractivity contribution is 9.10. The largest absolute Gasteiger partial charge is 0.479 e. The second kappa shape index (κ2) is 8.27. The lowest BCUT2D eigenvalue weighted by atomic mass is 10.00. The average molecular weight is 377 g/mol. The van der Waals surface area contributed by atoms with Gasteiger partial charge in [0.15, 0.2) is 6.10 Å². The molecule has 0 bridgehead atoms. The molecule has 3 nitrogen and oxygen atoms in total. The van der Waals surface area contributed by atoms with Gasteiger partial charge in [-0.25, -0.2) is 4.79 Å². The van der Waals surface area contributed by atoms with Gasteiger partial charge >= 0.3 is 5.97 Å². The van der Waals surface area contributed by atoms with E-state index in [-0.39, 0.29) is 5.92 Å². The van der Waals surface area contributed by atoms with Crippen LogP contribution < -0.4 is 0 Å². The molecule has 0 fully saturated rings. The minimum absolute atomic E-state index is 0.245. The molecule has 122 valence electrons. The normalized spacial score (nSPS) is 13.7. The molecule has 0 aliphatic carbocycles. The quantitative estimate of drug-likeness (QED) is 0.734. The van der Waals surface area contributed by atoms with E-state index >= 15 is 0 Å². The fraction of sp³-hybridized carbons (Fsp3) is 0.316. The van der Waals surface area contributed by atoms with Gasteiger partial charge in [-0.15, -0.1) is 0 Å². The van der Waals surface area contributed by atoms with E-state index in [1.165, 1.54) is 0 Å². The maximum Gasteiger partial charge on any atom is 0.332 e. The smallest absolute Gasteiger partial charge is 0.332 e. The number of carboxylic acid groups (broad SMARTS) is 1. The van der Waals surface area contributed by atoms with Crippen molar-refractivity contribution in [1.82, 2.24) is 0 Å². The van der Waals surface area contributed by atoms with Crippen LogP contribution in [0.4, 0.5) is 0 Å². The number of ether oxygens (including phenoxy) is 1. The summed E-state index contributed by atoms with van der Waals surface area (Å²) in [6.45, 7) is 3.99. The van der Waals surface area contributed by atoms with Crippen molar-refractivity contribution in [2.45, 2.75) is 32.5 Å². The molecule has 0 aliphatic heterocycles. The number of aliphatic carboxylic acids is 1. The van der Waals surface area contributed by atoms with Crippen molar-refractivity contribution in [2.24, 2.45) is 5.92 Å². The topological polar surface area (TPSA) is 46.5 Å². The van der Waals surface area contributed by atoms with Gasteiger partial charge in [0.05, 0.1) is 0 Å². The van der Waals surface area contributed by atoms with Crippen molar-refractivity contribution in [3.8, 4) is 0 Å². The Balaban J connectivity index is 2.35. The fourth-order valence-electron chi connectivity index (χ4n) is 2.45. The average Bonchev–Trinajstić information content (AvgIpc) is 2.51. The summed E-state index contributed by atoms with van der Waals surface area (Å²) < 4.78 is 6.97. The van der Waals surface area contributed by atoms with Crippen molar-refractivity contribution in [3.63, 3.8) is 0 Å². The molecule has 2 aromatic rings. The van der Waals surface area contributed by atoms with E-state index in [2.05, 4.69) is 15.9 Å². The van der Waals surface area contributed by atoms with Gasteiger partial charge in [-0.1, -0.05) is 72.2 Å². The second-order valence-electron chi connectivity index (χ2n) is 5.94. The Morgan fingerprint density at radius 1 is 1.09 bits per heavy atom. The third-order valence-corrected chi connectivity index (χ3v) is 4.01. The third-order valence-electron chi connectivity index (χ3n) is 3.52. The Morgan fingerprint density at radius 2 is 1.74 bits per heavy atom. The SMILES string of the molecule is CC(C)C[C@H](O[C@H](c1ccccc1)c1cccc(Br)c1)C(=O)O. The first-order chi connectivity index (χ1) is 11.0. The summed E-state index contributed by atoms with van der Waals surface area (Å²) in [5.41, 5.74) is 1.88. The van der Waals surface area contributed by atoms with Gasteiger partial charge in [-0.3, -0.25) is 0 Å². The summed E-state index contributed by atoms with van der Waals surface area (Å²) in [5, 5.41) is 9.49. The molecule has 2 atom stereocenters. The van der Waals surface area contributed by atoms with E-state index in [1.807, 2.05) is 68.4 Å². The molecule has 0 heterocycles. The summed E-state index contributed by atoms with van der Waals surface area (Å²) in [7, 11) is 0. The van der Waals surface area contributed by atoms with E-state index in [0.29, 0.717) is 6.42 Å². The molecule has 2 aromatic carbocycles. The Kier molecular flexibility index (Phi) is 6.37. The van der Waals surface area contributed by atoms with Gasteiger partial charge in [0.1, 0.15) is 6.10 Å². The minimum atomic E-state index is -0.922. The standard InChI is InChI=1S/C19H21BrO3/c1-13(2)11-17(19(21)22)23-18(14-7-4-3-5-8-14)15-9-6-10-16(20)12-15/h3-10,12-13,17-18H,11H2,1-2H3,(H,21,22)/t17-,18+/m0/s1. The first-order valence-corrected chi connectivity index (χ1v) is 8.45. The highest BCUT2D eigenvalue weighted by Gasteiger charge is 2.26. The first kappa shape index (κ1) is 17.7. The zero-order valence-corrected chi connectivity index (χ0v) is 14.9. The Labute approximate surface area is 145 Å². The number of carbonyl (C=O) groups is 1. The van der Waals surface area contributed by atoms with Gasteiger partial charge in [0, 0.05) is 4.47 Å². The lowest BCUT2D eigenvalue weighted by Crippen LogP contribution is -2.28. The molecule has 1 N–H and O–H groups in total. The van der Waals surface area contributed by atoms with Crippen LogP contribution >= 0.6 is 15.9 Å². The maximum absolute atomic E-state index is 11.6. The molecular formula is C19H21BrO3. The van der Waals surface area contributed by atoms with Gasteiger partial charge in [-0.2, -0.15) is 0 Å². The number of hydrogen-bond acceptors (Lipinski definition) is 2. The summed E-state index contributed by atoms with van der Waals surface area (Å²) in [5.74, 6) is -0.676. The minimum Gasteiger partial charge on any atom is -0.479 e. The monoisotopic (exact) mass is 376 g/mol. The molecule has 2 rings (SSSR count). The Hall–Kier alpha value is -1.65. The summed E-state index contributed by atoms with van der Waals surface area (Å²) >= 11 is 3.47. The van der Waals surface area contributed by atoms with Crippen LogP contribution in [0.3, 0.4) is 0 Å². The Bertz CT molecular complexity index is 640. The van der Waals surface area contributed by atoms with Crippen molar-refractivity contribution in [1.29, 1.82) is 0 Å². The van der Waals surface area contributed by atoms with Crippen molar-refractivity contribution in [3.05, 3.63) is 70.2 Å². The van der Waals surface area contributed by atoms with Gasteiger partial charge < -0.3 is 9.84 Å². The highest BCUT2D eigenvalue weighted by Crippen LogP contribution is 2.30. The zero-order chi connectivity index (χ0) is 16.8. The Morgan fingerprint density at radius 3 is 2.30 bits per heavy atom. The zero-order valence-electron chi connectivity index (χ0n) is 13.3. The van der Waals surface area contributed by atoms with E-state index in [4.69, 9.17) is 4.74 Å². The molecule has 0 saturated carbocycles. The fourth-order valence-corrected chi connectivity index (χ4v) is 2.87. The van der Waals surface area contributed by atoms with Crippen molar-refractivity contribution in [2.75, 3.05) is 0 Å². The number of benzene rings is 2. The van der Waals surface area contributed by atoms with Crippen LogP contribution in [0.25, 0.3) is 0 Å². The third kappa shape index (κ3) is 5.19. The molecule has 0 unspecified atom stereocenters. The molecule has 23 heavy (non-hydrogen) atoms. The molecule has 0 aromatic heterocycles. The van der Waals surface area contributed by atoms with Crippen LogP contribution in [0.15, 0.2) is 59.1 Å². The molecular weight excluding hydrogens is 356 g/mol. The van der Waals surface area contributed by atoms with E-state index in [0.717, 1.165) is 15.6 Å². The first-order valence-electron chi connectivity index (χ1n) is 7.66. The van der Waals surface area contributed by atoms with Crippen LogP contribution in [-0.4, -0.2) is 17.2 Å². The number of rotatable bonds is 7. The predicted molar refractivity (Wildman–Crippen MR) is 94.4 cm³/mol. The number of hydrogen-bond donors (Lipinski definition) is 1. The molecule has 0 spiro atoms. The van der Waals surface area contributed by atoms with Gasteiger partial charge in [-0.05, 0) is 35.6 Å². The summed E-state index contributed by atoms with van der Waals surface area (Å²) in [6, 6.07) is 17.5. The van der Waals surface area contributed by atoms with Crippen LogP contribution in [0.5, 0.6) is 0 Å². The van der Waals surface area contributed by atoms with Crippen LogP contribution in [0, 0.1) is 5.92 Å². The van der Waals surface area contributed by atoms with Gasteiger partial charge in [0.2, 0.25) is 0 Å². The molecule has 4 heteroatoms. The summed E-state index contributed by atoms with van der Waals surface area (Å²) in [6.07, 6.45) is -0.764. The molecule has 0 saturated heterocycles. The van der Waals surface area contributed by atoms with Crippen molar-refractivity contribution < 1.29 is 14.6 Å². The molecule has 0 radical (unpaired) electrons. The lowest BCUT2D eigenvalue weighted by Gasteiger charge is -2.24. The van der Waals surface area contributed by atoms with Crippen molar-refractivity contribution >= 4 is 21.9 Å². The number of halogens is 1. The number of carboxylic acids is 1. The van der Waals surface area contributed by atoms with E-state index < -0.39 is 18.2 Å². The van der Waals surface area contributed by atoms with E-state index in [1.54, 1.807) is 0 Å². The summed E-state index contributed by atoms with van der Waals surface area (Å²) in [4.78, 5) is 11.6. The maximum atomic E-state index is 11.6. The lowest BCUT2D eigenvalue weighted by molar-refractivity contribution is -0.154. The molecule has 0 amide bonds. The van der Waals surface area contributed by atoms with Crippen LogP contribution in [0.2, 0.25) is 0 Å². The predicted octanol–water partition coefficient (Wildman–Crippen LogP) is 5.05. The van der Waals surface area contributed by atoms with Gasteiger partial charge in [0.25, 0.3) is 0 Å². The second-order valence-corrected chi connectivity index (χ2v) is 6.85. The van der Waals surface area contributed by atoms with Crippen LogP contribution in [-0.2, 0) is 9.53 Å². The molecule has 0 aliphatic rings. The highest BCUT2D eigenvalue weighted by atomic mass is 79.9. The van der Waals surface area contributed by atoms with E-state index in [9.17, 15) is 9.90 Å². The van der Waals surface area contributed by atoms with Crippen LogP contribution in [0.1, 0.15) is 37.5 Å².